The monoisotopic (exact) mass is 648 g/mol. The van der Waals surface area contributed by atoms with Gasteiger partial charge < -0.3 is 29.2 Å². The molecular weight excluding hydrogens is 608 g/mol. The number of rotatable bonds is 12. The molecule has 0 bridgehead atoms. The molecule has 2 aliphatic rings. The second-order valence-electron chi connectivity index (χ2n) is 11.6. The van der Waals surface area contributed by atoms with Gasteiger partial charge in [-0.1, -0.05) is 97.1 Å². The van der Waals surface area contributed by atoms with E-state index in [0.717, 1.165) is 11.1 Å². The molecule has 6 rings (SSSR count). The first-order valence-corrected chi connectivity index (χ1v) is 16.4. The minimum Gasteiger partial charge on any atom is -0.376 e. The van der Waals surface area contributed by atoms with Gasteiger partial charge in [0, 0.05) is 59.8 Å². The van der Waals surface area contributed by atoms with Crippen molar-refractivity contribution in [2.24, 2.45) is 0 Å². The van der Waals surface area contributed by atoms with E-state index >= 15 is 0 Å². The van der Waals surface area contributed by atoms with Crippen molar-refractivity contribution in [1.82, 2.24) is 0 Å². The van der Waals surface area contributed by atoms with E-state index in [0.29, 0.717) is 48.7 Å². The first kappa shape index (κ1) is 33.6. The molecule has 248 valence electrons. The van der Waals surface area contributed by atoms with Crippen LogP contribution in [0.2, 0.25) is 0 Å². The van der Waals surface area contributed by atoms with Crippen LogP contribution in [0.5, 0.6) is 0 Å². The minimum atomic E-state index is -2.06. The van der Waals surface area contributed by atoms with E-state index in [1.165, 1.54) is 0 Å². The van der Waals surface area contributed by atoms with Crippen molar-refractivity contribution in [2.45, 2.75) is 51.5 Å². The lowest BCUT2D eigenvalue weighted by molar-refractivity contribution is -0.140. The fourth-order valence-electron chi connectivity index (χ4n) is 6.90. The highest BCUT2D eigenvalue weighted by Crippen LogP contribution is 2.54. The maximum absolute atomic E-state index is 14.5. The molecule has 0 saturated heterocycles. The zero-order valence-electron chi connectivity index (χ0n) is 27.6. The lowest BCUT2D eigenvalue weighted by atomic mass is 9.75. The number of aliphatic hydroxyl groups is 2. The molecule has 0 fully saturated rings. The fraction of sp³-hybridized carbons (Fsp3) is 0.300. The fourth-order valence-corrected chi connectivity index (χ4v) is 6.90. The summed E-state index contributed by atoms with van der Waals surface area (Å²) in [7, 11) is 0. The van der Waals surface area contributed by atoms with Crippen molar-refractivity contribution in [2.75, 3.05) is 26.4 Å². The number of fused-ring (bicyclic) bond motifs is 2. The summed E-state index contributed by atoms with van der Waals surface area (Å²) in [6.45, 7) is 9.27. The highest BCUT2D eigenvalue weighted by molar-refractivity contribution is 6.25. The second-order valence-corrected chi connectivity index (χ2v) is 11.6. The molecule has 0 radical (unpaired) electrons. The molecule has 0 aliphatic heterocycles. The number of ether oxygens (including phenoxy) is 4. The van der Waals surface area contributed by atoms with Gasteiger partial charge in [-0.15, -0.1) is 0 Å². The number of carbonyl (C=O) groups is 2. The number of benzene rings is 4. The molecule has 8 heteroatoms. The Bertz CT molecular complexity index is 1700. The highest BCUT2D eigenvalue weighted by Gasteiger charge is 2.57. The summed E-state index contributed by atoms with van der Waals surface area (Å²) < 4.78 is 23.1. The van der Waals surface area contributed by atoms with E-state index in [1.54, 1.807) is 97.1 Å². The Morgan fingerprint density at radius 2 is 0.812 bits per heavy atom. The van der Waals surface area contributed by atoms with Crippen LogP contribution < -0.4 is 0 Å². The molecule has 0 aromatic heterocycles. The summed E-state index contributed by atoms with van der Waals surface area (Å²) in [4.78, 5) is 28.9. The van der Waals surface area contributed by atoms with E-state index in [1.807, 2.05) is 27.7 Å². The largest absolute Gasteiger partial charge is 0.376 e. The number of carbonyl (C=O) groups excluding carboxylic acids is 2. The minimum absolute atomic E-state index is 0.183. The van der Waals surface area contributed by atoms with Crippen molar-refractivity contribution < 1.29 is 38.7 Å². The van der Waals surface area contributed by atoms with E-state index in [9.17, 15) is 19.8 Å². The summed E-state index contributed by atoms with van der Waals surface area (Å²) in [5, 5.41) is 25.8. The molecule has 2 aliphatic carbocycles. The summed E-state index contributed by atoms with van der Waals surface area (Å²) >= 11 is 0. The van der Waals surface area contributed by atoms with Crippen molar-refractivity contribution >= 4 is 11.6 Å². The topological polar surface area (TPSA) is 112 Å². The van der Waals surface area contributed by atoms with Crippen molar-refractivity contribution in [3.8, 4) is 0 Å². The Hall–Kier alpha value is -4.28. The normalized spacial score (nSPS) is 21.8. The van der Waals surface area contributed by atoms with E-state index in [-0.39, 0.29) is 22.3 Å². The molecule has 0 unspecified atom stereocenters. The van der Waals surface area contributed by atoms with Crippen LogP contribution in [0.4, 0.5) is 0 Å². The van der Waals surface area contributed by atoms with E-state index in [4.69, 9.17) is 18.9 Å². The predicted molar refractivity (Wildman–Crippen MR) is 179 cm³/mol. The zero-order chi connectivity index (χ0) is 34.1. The van der Waals surface area contributed by atoms with Gasteiger partial charge in [-0.05, 0) is 38.8 Å². The van der Waals surface area contributed by atoms with E-state index in [2.05, 4.69) is 0 Å². The van der Waals surface area contributed by atoms with Crippen LogP contribution in [-0.4, -0.2) is 48.2 Å². The molecule has 2 N–H and O–H groups in total. The number of Topliss-reactive ketones (excluding diaryl/α,β-unsaturated/α-hetero) is 2. The molecule has 4 aromatic rings. The average molecular weight is 649 g/mol. The predicted octanol–water partition coefficient (Wildman–Crippen LogP) is 6.69. The van der Waals surface area contributed by atoms with Gasteiger partial charge in [0.05, 0.1) is 11.1 Å². The molecular formula is C40H40O8. The summed E-state index contributed by atoms with van der Waals surface area (Å²) in [5.74, 6) is -1.06. The third-order valence-electron chi connectivity index (χ3n) is 9.02. The quantitative estimate of drug-likeness (QED) is 0.129. The third kappa shape index (κ3) is 5.35. The number of hydrogen-bond acceptors (Lipinski definition) is 8. The highest BCUT2D eigenvalue weighted by atomic mass is 16.7. The molecule has 2 atom stereocenters. The molecule has 4 aromatic carbocycles. The number of ketones is 2. The van der Waals surface area contributed by atoms with Crippen molar-refractivity contribution in [1.29, 1.82) is 0 Å². The van der Waals surface area contributed by atoms with Crippen LogP contribution in [0.1, 0.15) is 94.4 Å². The maximum atomic E-state index is 14.5. The second kappa shape index (κ2) is 13.7. The lowest BCUT2D eigenvalue weighted by Crippen LogP contribution is -2.36. The maximum Gasteiger partial charge on any atom is 0.193 e. The van der Waals surface area contributed by atoms with Gasteiger partial charge in [-0.25, -0.2) is 0 Å². The van der Waals surface area contributed by atoms with Gasteiger partial charge >= 0.3 is 0 Å². The Morgan fingerprint density at radius 3 is 1.12 bits per heavy atom. The van der Waals surface area contributed by atoms with Crippen LogP contribution in [0, 0.1) is 0 Å². The van der Waals surface area contributed by atoms with Gasteiger partial charge in [0.15, 0.2) is 24.1 Å². The Morgan fingerprint density at radius 1 is 0.500 bits per heavy atom. The summed E-state index contributed by atoms with van der Waals surface area (Å²) in [5.41, 5.74) is -1.14. The standard InChI is InChI=1S/C40H40O8/c1-5-45-37(46-6-2)25-17-21-27(22-18-25)39(43)31-15-11-9-13-29(31)35(41)33(39)34-36(42)30-14-10-12-16-32(30)40(34,44)28-23-19-26(20-24-28)38(47-7-3)48-8-4/h9-24,37-38,43-44H,5-8H2,1-4H3/b34-33-/t39-,40+. The van der Waals surface area contributed by atoms with Crippen molar-refractivity contribution in [3.05, 3.63) is 153 Å². The Balaban J connectivity index is 1.58. The Labute approximate surface area is 280 Å². The molecule has 48 heavy (non-hydrogen) atoms. The SMILES string of the molecule is CCOC(OCC)c1ccc([C@]2(O)/C(=C3/C(=O)c4ccccc4[C@@]3(O)c3ccc(C(OCC)OCC)cc3)C(=O)c3ccccc32)cc1. The smallest absolute Gasteiger partial charge is 0.193 e. The van der Waals surface area contributed by atoms with Gasteiger partial charge in [-0.2, -0.15) is 0 Å². The van der Waals surface area contributed by atoms with Crippen LogP contribution in [0.3, 0.4) is 0 Å². The number of hydrogen-bond donors (Lipinski definition) is 2. The third-order valence-corrected chi connectivity index (χ3v) is 9.02. The molecule has 8 nitrogen and oxygen atoms in total. The first-order chi connectivity index (χ1) is 23.2. The van der Waals surface area contributed by atoms with Gasteiger partial charge in [0.1, 0.15) is 11.2 Å². The van der Waals surface area contributed by atoms with Crippen LogP contribution >= 0.6 is 0 Å². The summed E-state index contributed by atoms with van der Waals surface area (Å²) in [6, 6.07) is 27.5. The first-order valence-electron chi connectivity index (χ1n) is 16.4. The van der Waals surface area contributed by atoms with Crippen molar-refractivity contribution in [3.63, 3.8) is 0 Å². The van der Waals surface area contributed by atoms with Crippen LogP contribution in [0.15, 0.2) is 108 Å². The Kier molecular flexibility index (Phi) is 9.58. The zero-order valence-corrected chi connectivity index (χ0v) is 27.6. The molecule has 0 saturated carbocycles. The lowest BCUT2D eigenvalue weighted by Gasteiger charge is -2.32. The van der Waals surface area contributed by atoms with E-state index < -0.39 is 35.3 Å². The molecule has 0 amide bonds. The van der Waals surface area contributed by atoms with Gasteiger partial charge in [-0.3, -0.25) is 9.59 Å². The van der Waals surface area contributed by atoms with Crippen LogP contribution in [-0.2, 0) is 30.1 Å². The van der Waals surface area contributed by atoms with Gasteiger partial charge in [0.2, 0.25) is 0 Å². The molecule has 0 spiro atoms. The van der Waals surface area contributed by atoms with Crippen LogP contribution in [0.25, 0.3) is 0 Å². The van der Waals surface area contributed by atoms with Gasteiger partial charge in [0.25, 0.3) is 0 Å². The average Bonchev–Trinajstić information content (AvgIpc) is 3.48. The summed E-state index contributed by atoms with van der Waals surface area (Å²) in [6.07, 6.45) is -1.22. The molecule has 0 heterocycles.